The Morgan fingerprint density at radius 3 is 2.68 bits per heavy atom. The summed E-state index contributed by atoms with van der Waals surface area (Å²) in [5, 5.41) is 3.49. The first kappa shape index (κ1) is 16.0. The van der Waals surface area contributed by atoms with E-state index in [1.807, 2.05) is 6.07 Å². The second-order valence-corrected chi connectivity index (χ2v) is 5.30. The molecule has 0 saturated heterocycles. The quantitative estimate of drug-likeness (QED) is 0.694. The molecule has 0 radical (unpaired) electrons. The van der Waals surface area contributed by atoms with Gasteiger partial charge in [0.05, 0.1) is 6.61 Å². The Morgan fingerprint density at radius 2 is 2.00 bits per heavy atom. The molecule has 3 nitrogen and oxygen atoms in total. The van der Waals surface area contributed by atoms with Crippen LogP contribution in [0.3, 0.4) is 0 Å². The molecule has 1 N–H and O–H groups in total. The molecule has 0 spiro atoms. The number of nitrogens with one attached hydrogen (secondary N) is 1. The Bertz CT molecular complexity index is 352. The summed E-state index contributed by atoms with van der Waals surface area (Å²) in [6, 6.07) is 8.66. The fraction of sp³-hybridized carbons (Fsp3) is 0.625. The molecule has 108 valence electrons. The maximum atomic E-state index is 5.75. The molecule has 0 aromatic heterocycles. The fourth-order valence-corrected chi connectivity index (χ4v) is 1.79. The Labute approximate surface area is 117 Å². The van der Waals surface area contributed by atoms with Crippen molar-refractivity contribution in [2.45, 2.75) is 33.2 Å². The van der Waals surface area contributed by atoms with Gasteiger partial charge in [0.15, 0.2) is 0 Å². The third kappa shape index (κ3) is 6.60. The predicted molar refractivity (Wildman–Crippen MR) is 79.7 cm³/mol. The number of hydrogen-bond acceptors (Lipinski definition) is 3. The molecule has 3 heteroatoms. The van der Waals surface area contributed by atoms with Gasteiger partial charge in [-0.1, -0.05) is 26.0 Å². The van der Waals surface area contributed by atoms with Crippen molar-refractivity contribution in [2.24, 2.45) is 5.92 Å². The van der Waals surface area contributed by atoms with Gasteiger partial charge in [-0.05, 0) is 43.5 Å². The van der Waals surface area contributed by atoms with E-state index in [1.54, 1.807) is 7.11 Å². The lowest BCUT2D eigenvalue weighted by Gasteiger charge is -2.16. The van der Waals surface area contributed by atoms with Gasteiger partial charge >= 0.3 is 0 Å². The van der Waals surface area contributed by atoms with E-state index in [0.717, 1.165) is 31.9 Å². The minimum absolute atomic E-state index is 0.333. The Kier molecular flexibility index (Phi) is 7.53. The summed E-state index contributed by atoms with van der Waals surface area (Å²) in [4.78, 5) is 0. The van der Waals surface area contributed by atoms with Crippen LogP contribution >= 0.6 is 0 Å². The van der Waals surface area contributed by atoms with Crippen molar-refractivity contribution in [1.82, 2.24) is 5.32 Å². The minimum Gasteiger partial charge on any atom is -0.493 e. The van der Waals surface area contributed by atoms with E-state index in [4.69, 9.17) is 9.47 Å². The van der Waals surface area contributed by atoms with E-state index < -0.39 is 0 Å². The van der Waals surface area contributed by atoms with Crippen LogP contribution in [0.2, 0.25) is 0 Å². The molecule has 1 atom stereocenters. The molecule has 1 aromatic carbocycles. The molecule has 0 aliphatic carbocycles. The topological polar surface area (TPSA) is 30.5 Å². The molecule has 1 rings (SSSR count). The van der Waals surface area contributed by atoms with Gasteiger partial charge in [-0.3, -0.25) is 0 Å². The summed E-state index contributed by atoms with van der Waals surface area (Å²) < 4.78 is 10.8. The fourth-order valence-electron chi connectivity index (χ4n) is 1.79. The van der Waals surface area contributed by atoms with Crippen molar-refractivity contribution >= 4 is 0 Å². The highest BCUT2D eigenvalue weighted by Gasteiger charge is 2.06. The van der Waals surface area contributed by atoms with Crippen LogP contribution in [0.15, 0.2) is 24.3 Å². The van der Waals surface area contributed by atoms with Crippen molar-refractivity contribution in [1.29, 1.82) is 0 Å². The van der Waals surface area contributed by atoms with Crippen molar-refractivity contribution in [3.8, 4) is 5.75 Å². The molecule has 0 saturated carbocycles. The van der Waals surface area contributed by atoms with Crippen molar-refractivity contribution in [2.75, 3.05) is 26.9 Å². The zero-order valence-corrected chi connectivity index (χ0v) is 12.6. The first-order chi connectivity index (χ1) is 9.13. The van der Waals surface area contributed by atoms with Crippen LogP contribution in [0.25, 0.3) is 0 Å². The number of hydrogen-bond donors (Lipinski definition) is 1. The molecule has 0 aliphatic heterocycles. The molecule has 19 heavy (non-hydrogen) atoms. The average molecular weight is 265 g/mol. The van der Waals surface area contributed by atoms with Crippen molar-refractivity contribution in [3.63, 3.8) is 0 Å². The molecule has 0 bridgehead atoms. The Hall–Kier alpha value is -1.06. The van der Waals surface area contributed by atoms with E-state index in [-0.39, 0.29) is 0 Å². The highest BCUT2D eigenvalue weighted by Crippen LogP contribution is 2.19. The maximum Gasteiger partial charge on any atom is 0.119 e. The lowest BCUT2D eigenvalue weighted by molar-refractivity contribution is 0.193. The summed E-state index contributed by atoms with van der Waals surface area (Å²) in [7, 11) is 1.74. The summed E-state index contributed by atoms with van der Waals surface area (Å²) in [6.45, 7) is 9.02. The van der Waals surface area contributed by atoms with Gasteiger partial charge in [-0.2, -0.15) is 0 Å². The summed E-state index contributed by atoms with van der Waals surface area (Å²) >= 11 is 0. The lowest BCUT2D eigenvalue weighted by Crippen LogP contribution is -2.20. The first-order valence-electron chi connectivity index (χ1n) is 7.08. The number of rotatable bonds is 9. The molecule has 0 aliphatic rings. The van der Waals surface area contributed by atoms with Crippen LogP contribution in [0, 0.1) is 5.92 Å². The SMILES string of the molecule is COCCCNC(C)c1cccc(OCC(C)C)c1. The molecular weight excluding hydrogens is 238 g/mol. The van der Waals surface area contributed by atoms with E-state index in [2.05, 4.69) is 44.3 Å². The van der Waals surface area contributed by atoms with Gasteiger partial charge in [0.25, 0.3) is 0 Å². The van der Waals surface area contributed by atoms with E-state index in [9.17, 15) is 0 Å². The zero-order chi connectivity index (χ0) is 14.1. The van der Waals surface area contributed by atoms with Gasteiger partial charge in [0.2, 0.25) is 0 Å². The van der Waals surface area contributed by atoms with Crippen LogP contribution < -0.4 is 10.1 Å². The van der Waals surface area contributed by atoms with E-state index >= 15 is 0 Å². The predicted octanol–water partition coefficient (Wildman–Crippen LogP) is 3.41. The highest BCUT2D eigenvalue weighted by atomic mass is 16.5. The normalized spacial score (nSPS) is 12.7. The zero-order valence-electron chi connectivity index (χ0n) is 12.6. The smallest absolute Gasteiger partial charge is 0.119 e. The summed E-state index contributed by atoms with van der Waals surface area (Å²) in [6.07, 6.45) is 1.03. The monoisotopic (exact) mass is 265 g/mol. The van der Waals surface area contributed by atoms with Crippen LogP contribution in [0.4, 0.5) is 0 Å². The second kappa shape index (κ2) is 8.94. The molecule has 0 amide bonds. The number of ether oxygens (including phenoxy) is 2. The summed E-state index contributed by atoms with van der Waals surface area (Å²) in [5.41, 5.74) is 1.26. The number of benzene rings is 1. The maximum absolute atomic E-state index is 5.75. The molecule has 1 unspecified atom stereocenters. The standard InChI is InChI=1S/C16H27NO2/c1-13(2)12-19-16-8-5-7-15(11-16)14(3)17-9-6-10-18-4/h5,7-8,11,13-14,17H,6,9-10,12H2,1-4H3. The largest absolute Gasteiger partial charge is 0.493 e. The van der Waals surface area contributed by atoms with Crippen molar-refractivity contribution < 1.29 is 9.47 Å². The van der Waals surface area contributed by atoms with Crippen LogP contribution in [0.5, 0.6) is 5.75 Å². The average Bonchev–Trinajstić information content (AvgIpc) is 2.41. The van der Waals surface area contributed by atoms with Gasteiger partial charge < -0.3 is 14.8 Å². The van der Waals surface area contributed by atoms with Crippen molar-refractivity contribution in [3.05, 3.63) is 29.8 Å². The third-order valence-electron chi connectivity index (χ3n) is 2.92. The van der Waals surface area contributed by atoms with Crippen LogP contribution in [-0.2, 0) is 4.74 Å². The van der Waals surface area contributed by atoms with Gasteiger partial charge in [-0.15, -0.1) is 0 Å². The lowest BCUT2D eigenvalue weighted by atomic mass is 10.1. The first-order valence-corrected chi connectivity index (χ1v) is 7.08. The van der Waals surface area contributed by atoms with E-state index in [0.29, 0.717) is 12.0 Å². The Balaban J connectivity index is 2.45. The molecule has 1 aromatic rings. The Morgan fingerprint density at radius 1 is 1.21 bits per heavy atom. The van der Waals surface area contributed by atoms with E-state index in [1.165, 1.54) is 5.56 Å². The van der Waals surface area contributed by atoms with Crippen LogP contribution in [-0.4, -0.2) is 26.9 Å². The van der Waals surface area contributed by atoms with Gasteiger partial charge in [0, 0.05) is 19.8 Å². The van der Waals surface area contributed by atoms with Gasteiger partial charge in [-0.25, -0.2) is 0 Å². The third-order valence-corrected chi connectivity index (χ3v) is 2.92. The number of methoxy groups -OCH3 is 1. The molecule has 0 fully saturated rings. The summed E-state index contributed by atoms with van der Waals surface area (Å²) in [5.74, 6) is 1.50. The second-order valence-electron chi connectivity index (χ2n) is 5.30. The molecule has 0 heterocycles. The minimum atomic E-state index is 0.333. The highest BCUT2D eigenvalue weighted by molar-refractivity contribution is 5.30. The molecular formula is C16H27NO2. The van der Waals surface area contributed by atoms with Crippen LogP contribution in [0.1, 0.15) is 38.8 Å². The van der Waals surface area contributed by atoms with Gasteiger partial charge in [0.1, 0.15) is 5.75 Å².